The van der Waals surface area contributed by atoms with Gasteiger partial charge in [0, 0.05) is 16.8 Å². The smallest absolute Gasteiger partial charge is 0.247 e. The molecule has 0 radical (unpaired) electrons. The molecule has 0 bridgehead atoms. The van der Waals surface area contributed by atoms with Crippen LogP contribution in [0.15, 0.2) is 72.8 Å². The van der Waals surface area contributed by atoms with Gasteiger partial charge in [-0.25, -0.2) is 8.42 Å². The number of nitrogens with one attached hydrogen (secondary N) is 1. The summed E-state index contributed by atoms with van der Waals surface area (Å²) in [5.74, 6) is -0.0958. The molecule has 3 aromatic carbocycles. The number of sulfonamides is 1. The number of rotatable bonds is 9. The summed E-state index contributed by atoms with van der Waals surface area (Å²) >= 11 is 0. The van der Waals surface area contributed by atoms with Crippen LogP contribution in [0, 0.1) is 0 Å². The highest BCUT2D eigenvalue weighted by atomic mass is 32.2. The first-order valence-electron chi connectivity index (χ1n) is 12.1. The summed E-state index contributed by atoms with van der Waals surface area (Å²) in [6.45, 7) is 10.2. The molecule has 0 aliphatic heterocycles. The average Bonchev–Trinajstić information content (AvgIpc) is 2.84. The fourth-order valence-corrected chi connectivity index (χ4v) is 5.11. The molecular weight excluding hydrogens is 488 g/mol. The van der Waals surface area contributed by atoms with E-state index in [9.17, 15) is 18.0 Å². The van der Waals surface area contributed by atoms with E-state index in [-0.39, 0.29) is 11.2 Å². The number of nitrogens with zero attached hydrogens (tertiary/aromatic N) is 1. The number of ketones is 1. The maximum absolute atomic E-state index is 13.1. The van der Waals surface area contributed by atoms with Crippen molar-refractivity contribution in [2.75, 3.05) is 22.5 Å². The van der Waals surface area contributed by atoms with E-state index in [0.29, 0.717) is 34.9 Å². The zero-order valence-electron chi connectivity index (χ0n) is 22.1. The Hall–Kier alpha value is -3.65. The molecule has 8 heteroatoms. The predicted octanol–water partition coefficient (Wildman–Crippen LogP) is 5.41. The van der Waals surface area contributed by atoms with Gasteiger partial charge >= 0.3 is 0 Å². The summed E-state index contributed by atoms with van der Waals surface area (Å²) in [7, 11) is -3.77. The highest BCUT2D eigenvalue weighted by Gasteiger charge is 2.29. The lowest BCUT2D eigenvalue weighted by atomic mass is 9.86. The highest BCUT2D eigenvalue weighted by molar-refractivity contribution is 7.92. The van der Waals surface area contributed by atoms with E-state index in [1.165, 1.54) is 6.92 Å². The van der Waals surface area contributed by atoms with Gasteiger partial charge in [-0.3, -0.25) is 13.9 Å². The second-order valence-electron chi connectivity index (χ2n) is 9.89. The van der Waals surface area contributed by atoms with Crippen molar-refractivity contribution in [3.8, 4) is 5.75 Å². The summed E-state index contributed by atoms with van der Waals surface area (Å²) in [6.07, 6.45) is 1.05. The molecule has 37 heavy (non-hydrogen) atoms. The summed E-state index contributed by atoms with van der Waals surface area (Å²) < 4.78 is 31.7. The first-order valence-corrected chi connectivity index (χ1v) is 13.9. The number of anilines is 2. The normalized spacial score (nSPS) is 12.5. The molecule has 0 spiro atoms. The van der Waals surface area contributed by atoms with E-state index in [0.717, 1.165) is 16.1 Å². The summed E-state index contributed by atoms with van der Waals surface area (Å²) in [6, 6.07) is 19.6. The average molecular weight is 523 g/mol. The minimum absolute atomic E-state index is 0.0202. The Balaban J connectivity index is 1.80. The minimum Gasteiger partial charge on any atom is -0.494 e. The Morgan fingerprint density at radius 2 is 1.57 bits per heavy atom. The number of amides is 1. The maximum atomic E-state index is 13.1. The van der Waals surface area contributed by atoms with Crippen LogP contribution in [-0.2, 0) is 20.2 Å². The van der Waals surface area contributed by atoms with E-state index in [1.54, 1.807) is 60.7 Å². The predicted molar refractivity (Wildman–Crippen MR) is 148 cm³/mol. The zero-order chi connectivity index (χ0) is 27.4. The van der Waals surface area contributed by atoms with Gasteiger partial charge in [0.05, 0.1) is 18.6 Å². The van der Waals surface area contributed by atoms with Crippen LogP contribution in [0.3, 0.4) is 0 Å². The van der Waals surface area contributed by atoms with Crippen LogP contribution in [0.2, 0.25) is 0 Å². The molecule has 0 fully saturated rings. The Labute approximate surface area is 219 Å². The molecule has 3 aromatic rings. The van der Waals surface area contributed by atoms with E-state index in [2.05, 4.69) is 26.1 Å². The van der Waals surface area contributed by atoms with E-state index < -0.39 is 22.0 Å². The fraction of sp³-hybridized carbons (Fsp3) is 0.310. The largest absolute Gasteiger partial charge is 0.494 e. The molecule has 1 unspecified atom stereocenters. The lowest BCUT2D eigenvalue weighted by Crippen LogP contribution is -2.45. The Morgan fingerprint density at radius 1 is 0.946 bits per heavy atom. The molecule has 0 aliphatic rings. The van der Waals surface area contributed by atoms with Crippen molar-refractivity contribution in [1.82, 2.24) is 0 Å². The van der Waals surface area contributed by atoms with Crippen LogP contribution < -0.4 is 14.4 Å². The van der Waals surface area contributed by atoms with E-state index in [4.69, 9.17) is 4.74 Å². The van der Waals surface area contributed by atoms with Crippen molar-refractivity contribution >= 4 is 33.1 Å². The van der Waals surface area contributed by atoms with Gasteiger partial charge in [0.25, 0.3) is 0 Å². The van der Waals surface area contributed by atoms with Gasteiger partial charge in [-0.15, -0.1) is 0 Å². The Morgan fingerprint density at radius 3 is 2.11 bits per heavy atom. The van der Waals surface area contributed by atoms with Gasteiger partial charge in [-0.2, -0.15) is 0 Å². The van der Waals surface area contributed by atoms with Crippen molar-refractivity contribution in [2.45, 2.75) is 46.1 Å². The van der Waals surface area contributed by atoms with Gasteiger partial charge in [0.2, 0.25) is 15.9 Å². The second-order valence-corrected chi connectivity index (χ2v) is 11.7. The maximum Gasteiger partial charge on any atom is 0.247 e. The van der Waals surface area contributed by atoms with Crippen LogP contribution in [0.25, 0.3) is 0 Å². The lowest BCUT2D eigenvalue weighted by molar-refractivity contribution is -0.116. The first kappa shape index (κ1) is 27.9. The number of carbonyl (C=O) groups is 2. The van der Waals surface area contributed by atoms with Crippen molar-refractivity contribution in [2.24, 2.45) is 0 Å². The summed E-state index contributed by atoms with van der Waals surface area (Å²) in [5, 5.41) is 2.75. The number of carbonyl (C=O) groups excluding carboxylic acids is 2. The fourth-order valence-electron chi connectivity index (χ4n) is 3.94. The molecule has 7 nitrogen and oxygen atoms in total. The molecule has 1 N–H and O–H groups in total. The molecule has 1 amide bonds. The van der Waals surface area contributed by atoms with Crippen LogP contribution in [0.5, 0.6) is 5.75 Å². The second kappa shape index (κ2) is 11.2. The Bertz CT molecular complexity index is 1360. The van der Waals surface area contributed by atoms with Crippen LogP contribution in [0.1, 0.15) is 56.1 Å². The number of benzene rings is 3. The van der Waals surface area contributed by atoms with Crippen molar-refractivity contribution in [1.29, 1.82) is 0 Å². The van der Waals surface area contributed by atoms with Crippen LogP contribution >= 0.6 is 0 Å². The van der Waals surface area contributed by atoms with Crippen molar-refractivity contribution in [3.63, 3.8) is 0 Å². The van der Waals surface area contributed by atoms with Crippen LogP contribution in [-0.4, -0.2) is 39.0 Å². The monoisotopic (exact) mass is 522 g/mol. The van der Waals surface area contributed by atoms with Gasteiger partial charge in [0.1, 0.15) is 11.8 Å². The first-order chi connectivity index (χ1) is 17.3. The molecule has 0 aliphatic carbocycles. The topological polar surface area (TPSA) is 92.8 Å². The third-order valence-corrected chi connectivity index (χ3v) is 7.14. The number of ether oxygens (including phenoxy) is 1. The quantitative estimate of drug-likeness (QED) is 0.380. The molecular formula is C29H34N2O5S. The SMILES string of the molecule is CCOc1ccc(N(C(C)C(=O)Nc2cccc(C(=O)c3ccc(C(C)(C)C)cc3)c2)S(C)(=O)=O)cc1. The molecule has 0 aromatic heterocycles. The lowest BCUT2D eigenvalue weighted by Gasteiger charge is -2.28. The van der Waals surface area contributed by atoms with Crippen molar-refractivity contribution < 1.29 is 22.7 Å². The van der Waals surface area contributed by atoms with Gasteiger partial charge in [0.15, 0.2) is 5.78 Å². The molecule has 0 heterocycles. The summed E-state index contributed by atoms with van der Waals surface area (Å²) in [5.41, 5.74) is 2.81. The van der Waals surface area contributed by atoms with Gasteiger partial charge in [-0.05, 0) is 61.2 Å². The highest BCUT2D eigenvalue weighted by Crippen LogP contribution is 2.26. The number of hydrogen-bond donors (Lipinski definition) is 1. The molecule has 0 saturated carbocycles. The molecule has 3 rings (SSSR count). The zero-order valence-corrected chi connectivity index (χ0v) is 22.9. The standard InChI is InChI=1S/C29H34N2O5S/c1-7-36-26-17-15-25(16-18-26)31(37(6,34)35)20(2)28(33)30-24-10-8-9-22(19-24)27(32)21-11-13-23(14-12-21)29(3,4)5/h8-20H,7H2,1-6H3,(H,30,33). The summed E-state index contributed by atoms with van der Waals surface area (Å²) in [4.78, 5) is 26.2. The van der Waals surface area contributed by atoms with E-state index in [1.807, 2.05) is 19.1 Å². The van der Waals surface area contributed by atoms with Crippen molar-refractivity contribution in [3.05, 3.63) is 89.5 Å². The molecule has 196 valence electrons. The Kier molecular flexibility index (Phi) is 8.43. The number of hydrogen-bond acceptors (Lipinski definition) is 5. The van der Waals surface area contributed by atoms with E-state index >= 15 is 0 Å². The third-order valence-electron chi connectivity index (χ3n) is 5.90. The van der Waals surface area contributed by atoms with Gasteiger partial charge < -0.3 is 10.1 Å². The van der Waals surface area contributed by atoms with Crippen LogP contribution in [0.4, 0.5) is 11.4 Å². The minimum atomic E-state index is -3.77. The van der Waals surface area contributed by atoms with Gasteiger partial charge in [-0.1, -0.05) is 57.2 Å². The molecule has 1 atom stereocenters. The third kappa shape index (κ3) is 6.98. The molecule has 0 saturated heterocycles.